The third kappa shape index (κ3) is 5.86. The number of thioether (sulfide) groups is 1. The van der Waals surface area contributed by atoms with E-state index >= 15 is 0 Å². The van der Waals surface area contributed by atoms with Crippen LogP contribution < -0.4 is 4.90 Å². The van der Waals surface area contributed by atoms with Crippen molar-refractivity contribution in [2.24, 2.45) is 0 Å². The molecule has 3 rings (SSSR count). The Labute approximate surface area is 189 Å². The van der Waals surface area contributed by atoms with E-state index in [0.29, 0.717) is 44.2 Å². The lowest BCUT2D eigenvalue weighted by atomic mass is 10.1. The van der Waals surface area contributed by atoms with Gasteiger partial charge in [0.25, 0.3) is 0 Å². The quantitative estimate of drug-likeness (QED) is 0.539. The molecular formula is C22H25ClF3N3OS. The van der Waals surface area contributed by atoms with E-state index in [9.17, 15) is 18.0 Å². The summed E-state index contributed by atoms with van der Waals surface area (Å²) < 4.78 is 38.4. The van der Waals surface area contributed by atoms with E-state index in [1.807, 2.05) is 4.90 Å². The van der Waals surface area contributed by atoms with E-state index in [-0.39, 0.29) is 10.9 Å². The molecule has 1 aliphatic heterocycles. The molecule has 0 aliphatic carbocycles. The number of aryl methyl sites for hydroxylation is 3. The van der Waals surface area contributed by atoms with Crippen LogP contribution in [-0.2, 0) is 11.0 Å². The van der Waals surface area contributed by atoms with Gasteiger partial charge in [-0.3, -0.25) is 4.79 Å². The number of rotatable bonds is 5. The van der Waals surface area contributed by atoms with Crippen LogP contribution in [0.15, 0.2) is 29.3 Å². The summed E-state index contributed by atoms with van der Waals surface area (Å²) >= 11 is 7.74. The monoisotopic (exact) mass is 471 g/mol. The molecule has 31 heavy (non-hydrogen) atoms. The van der Waals surface area contributed by atoms with Crippen LogP contribution in [0.1, 0.15) is 28.7 Å². The average Bonchev–Trinajstić information content (AvgIpc) is 2.69. The summed E-state index contributed by atoms with van der Waals surface area (Å²) in [6.07, 6.45) is -3.24. The van der Waals surface area contributed by atoms with Crippen LogP contribution in [0.2, 0.25) is 5.02 Å². The fourth-order valence-electron chi connectivity index (χ4n) is 3.78. The van der Waals surface area contributed by atoms with Gasteiger partial charge in [0.2, 0.25) is 5.91 Å². The molecule has 2 heterocycles. The number of benzene rings is 1. The Bertz CT molecular complexity index is 936. The van der Waals surface area contributed by atoms with Crippen molar-refractivity contribution < 1.29 is 18.0 Å². The number of nitrogens with zero attached hydrogens (tertiary/aromatic N) is 3. The van der Waals surface area contributed by atoms with Gasteiger partial charge in [0.1, 0.15) is 5.82 Å². The molecule has 1 aromatic carbocycles. The number of halogens is 4. The van der Waals surface area contributed by atoms with Crippen LogP contribution in [0.3, 0.4) is 0 Å². The highest BCUT2D eigenvalue weighted by Crippen LogP contribution is 2.34. The summed E-state index contributed by atoms with van der Waals surface area (Å²) in [4.78, 5) is 21.4. The topological polar surface area (TPSA) is 36.4 Å². The first-order valence-corrected chi connectivity index (χ1v) is 11.4. The molecule has 0 unspecified atom stereocenters. The Hall–Kier alpha value is -1.93. The summed E-state index contributed by atoms with van der Waals surface area (Å²) in [6.45, 7) is 8.19. The molecule has 1 aliphatic rings. The number of hydrogen-bond acceptors (Lipinski definition) is 4. The standard InChI is InChI=1S/C22H25ClF3N3OS/c1-14-10-15(2)20(16(3)11-14)31-9-4-19(30)28-5-7-29(8-6-28)21-18(23)12-17(13-27-21)22(24,25)26/h10-13H,4-9H2,1-3H3. The highest BCUT2D eigenvalue weighted by atomic mass is 35.5. The third-order valence-electron chi connectivity index (χ3n) is 5.25. The van der Waals surface area contributed by atoms with E-state index in [4.69, 9.17) is 11.6 Å². The first kappa shape index (κ1) is 23.7. The summed E-state index contributed by atoms with van der Waals surface area (Å²) in [5, 5.41) is -0.0326. The van der Waals surface area contributed by atoms with Gasteiger partial charge < -0.3 is 9.80 Å². The number of carbonyl (C=O) groups is 1. The number of hydrogen-bond donors (Lipinski definition) is 0. The minimum Gasteiger partial charge on any atom is -0.352 e. The molecule has 2 aromatic rings. The number of piperazine rings is 1. The second-order valence-electron chi connectivity index (χ2n) is 7.72. The molecule has 0 saturated carbocycles. The third-order valence-corrected chi connectivity index (χ3v) is 6.87. The van der Waals surface area contributed by atoms with Gasteiger partial charge in [-0.15, -0.1) is 11.8 Å². The smallest absolute Gasteiger partial charge is 0.352 e. The highest BCUT2D eigenvalue weighted by molar-refractivity contribution is 7.99. The fraction of sp³-hybridized carbons (Fsp3) is 0.455. The predicted molar refractivity (Wildman–Crippen MR) is 119 cm³/mol. The number of carbonyl (C=O) groups excluding carboxylic acids is 1. The Morgan fingerprint density at radius 3 is 2.26 bits per heavy atom. The maximum absolute atomic E-state index is 12.8. The zero-order valence-electron chi connectivity index (χ0n) is 17.7. The normalized spacial score (nSPS) is 14.8. The Morgan fingerprint density at radius 1 is 1.10 bits per heavy atom. The summed E-state index contributed by atoms with van der Waals surface area (Å²) in [5.41, 5.74) is 2.82. The maximum Gasteiger partial charge on any atom is 0.417 e. The summed E-state index contributed by atoms with van der Waals surface area (Å²) in [6, 6.07) is 5.20. The van der Waals surface area contributed by atoms with Crippen LogP contribution in [-0.4, -0.2) is 47.7 Å². The van der Waals surface area contributed by atoms with Gasteiger partial charge in [-0.1, -0.05) is 29.3 Å². The lowest BCUT2D eigenvalue weighted by Gasteiger charge is -2.36. The van der Waals surface area contributed by atoms with Gasteiger partial charge in [0.05, 0.1) is 10.6 Å². The van der Waals surface area contributed by atoms with Gasteiger partial charge in [0, 0.05) is 49.4 Å². The molecule has 0 atom stereocenters. The Kier molecular flexibility index (Phi) is 7.42. The largest absolute Gasteiger partial charge is 0.417 e. The first-order valence-electron chi connectivity index (χ1n) is 10.0. The zero-order chi connectivity index (χ0) is 22.8. The molecule has 0 bridgehead atoms. The molecule has 0 spiro atoms. The minimum atomic E-state index is -4.48. The molecule has 1 fully saturated rings. The van der Waals surface area contributed by atoms with E-state index < -0.39 is 11.7 Å². The lowest BCUT2D eigenvalue weighted by Crippen LogP contribution is -2.49. The Morgan fingerprint density at radius 2 is 1.71 bits per heavy atom. The van der Waals surface area contributed by atoms with Crippen LogP contribution in [0.25, 0.3) is 0 Å². The van der Waals surface area contributed by atoms with Gasteiger partial charge >= 0.3 is 6.18 Å². The number of aromatic nitrogens is 1. The van der Waals surface area contributed by atoms with Crippen molar-refractivity contribution in [1.29, 1.82) is 0 Å². The lowest BCUT2D eigenvalue weighted by molar-refractivity contribution is -0.137. The van der Waals surface area contributed by atoms with Crippen LogP contribution in [0, 0.1) is 20.8 Å². The van der Waals surface area contributed by atoms with Gasteiger partial charge in [-0.05, 0) is 38.0 Å². The number of amides is 1. The minimum absolute atomic E-state index is 0.0326. The Balaban J connectivity index is 1.51. The molecule has 1 aromatic heterocycles. The predicted octanol–water partition coefficient (Wildman–Crippen LogP) is 5.51. The fourth-order valence-corrected chi connectivity index (χ4v) is 5.12. The molecule has 1 saturated heterocycles. The molecule has 0 N–H and O–H groups in total. The van der Waals surface area contributed by atoms with Crippen molar-refractivity contribution in [3.05, 3.63) is 51.7 Å². The maximum atomic E-state index is 12.8. The van der Waals surface area contributed by atoms with E-state index in [2.05, 4.69) is 37.9 Å². The number of pyridine rings is 1. The SMILES string of the molecule is Cc1cc(C)c(SCCC(=O)N2CCN(c3ncc(C(F)(F)F)cc3Cl)CC2)c(C)c1. The van der Waals surface area contributed by atoms with Crippen LogP contribution in [0.4, 0.5) is 19.0 Å². The highest BCUT2D eigenvalue weighted by Gasteiger charge is 2.32. The van der Waals surface area contributed by atoms with E-state index in [1.165, 1.54) is 21.6 Å². The van der Waals surface area contributed by atoms with Crippen molar-refractivity contribution in [1.82, 2.24) is 9.88 Å². The van der Waals surface area contributed by atoms with Gasteiger partial charge in [-0.25, -0.2) is 4.98 Å². The van der Waals surface area contributed by atoms with Gasteiger partial charge in [-0.2, -0.15) is 13.2 Å². The van der Waals surface area contributed by atoms with Crippen molar-refractivity contribution in [2.45, 2.75) is 38.3 Å². The second kappa shape index (κ2) is 9.69. The van der Waals surface area contributed by atoms with E-state index in [1.54, 1.807) is 16.7 Å². The molecular weight excluding hydrogens is 447 g/mol. The first-order chi connectivity index (χ1) is 14.6. The summed E-state index contributed by atoms with van der Waals surface area (Å²) in [7, 11) is 0. The molecule has 0 radical (unpaired) electrons. The average molecular weight is 472 g/mol. The van der Waals surface area contributed by atoms with E-state index in [0.717, 1.165) is 12.3 Å². The molecule has 1 amide bonds. The van der Waals surface area contributed by atoms with Gasteiger partial charge in [0.15, 0.2) is 0 Å². The second-order valence-corrected chi connectivity index (χ2v) is 9.23. The van der Waals surface area contributed by atoms with Crippen LogP contribution >= 0.6 is 23.4 Å². The van der Waals surface area contributed by atoms with Crippen molar-refractivity contribution in [3.63, 3.8) is 0 Å². The zero-order valence-corrected chi connectivity index (χ0v) is 19.3. The molecule has 9 heteroatoms. The molecule has 4 nitrogen and oxygen atoms in total. The van der Waals surface area contributed by atoms with Crippen molar-refractivity contribution in [3.8, 4) is 0 Å². The van der Waals surface area contributed by atoms with Crippen molar-refractivity contribution >= 4 is 35.1 Å². The number of alkyl halides is 3. The molecule has 168 valence electrons. The van der Waals surface area contributed by atoms with Crippen molar-refractivity contribution in [2.75, 3.05) is 36.8 Å². The summed E-state index contributed by atoms with van der Waals surface area (Å²) in [5.74, 6) is 1.11. The number of anilines is 1. The van der Waals surface area contributed by atoms with Crippen LogP contribution in [0.5, 0.6) is 0 Å².